The van der Waals surface area contributed by atoms with Crippen LogP contribution in [0.3, 0.4) is 0 Å². The van der Waals surface area contributed by atoms with Gasteiger partial charge in [0.2, 0.25) is 0 Å². The lowest BCUT2D eigenvalue weighted by atomic mass is 9.92. The van der Waals surface area contributed by atoms with Crippen LogP contribution in [0.25, 0.3) is 16.5 Å². The largest absolute Gasteiger partial charge is 0.497 e. The number of hydrogen-bond acceptors (Lipinski definition) is 8. The van der Waals surface area contributed by atoms with E-state index in [2.05, 4.69) is 26.6 Å². The summed E-state index contributed by atoms with van der Waals surface area (Å²) in [4.78, 5) is 32.1. The van der Waals surface area contributed by atoms with Gasteiger partial charge in [0.1, 0.15) is 24.2 Å². The lowest BCUT2D eigenvalue weighted by molar-refractivity contribution is -0.115. The summed E-state index contributed by atoms with van der Waals surface area (Å²) in [7, 11) is 1.57. The van der Waals surface area contributed by atoms with Crippen LogP contribution < -0.4 is 20.1 Å². The lowest BCUT2D eigenvalue weighted by Gasteiger charge is -2.26. The monoisotopic (exact) mass is 539 g/mol. The number of carbonyl (C=O) groups excluding carboxylic acids is 2. The number of rotatable bonds is 8. The van der Waals surface area contributed by atoms with Crippen LogP contribution in [0.1, 0.15) is 17.5 Å². The minimum atomic E-state index is -0.518. The molecule has 10 nitrogen and oxygen atoms in total. The fourth-order valence-corrected chi connectivity index (χ4v) is 4.63. The first-order chi connectivity index (χ1) is 19.5. The number of urea groups is 1. The predicted molar refractivity (Wildman–Crippen MR) is 150 cm³/mol. The fraction of sp³-hybridized carbons (Fsp3) is 0.267. The number of methoxy groups -OCH3 is 1. The SMILES string of the molecule is COc1ccc(NC(=O)NC2=CC=C(c3ccnc4cc(OCCN5CCOCC5)c(C#N)cc34)CC2=O)cc1. The van der Waals surface area contributed by atoms with Gasteiger partial charge in [0.25, 0.3) is 0 Å². The van der Waals surface area contributed by atoms with Crippen molar-refractivity contribution >= 4 is 34.0 Å². The molecule has 40 heavy (non-hydrogen) atoms. The van der Waals surface area contributed by atoms with Gasteiger partial charge in [0.05, 0.1) is 37.1 Å². The number of pyridine rings is 1. The van der Waals surface area contributed by atoms with Crippen molar-refractivity contribution in [3.05, 3.63) is 77.6 Å². The van der Waals surface area contributed by atoms with Crippen molar-refractivity contribution in [3.8, 4) is 17.6 Å². The number of aromatic nitrogens is 1. The normalized spacial score (nSPS) is 15.6. The number of nitrogens with one attached hydrogen (secondary N) is 2. The zero-order valence-corrected chi connectivity index (χ0v) is 22.1. The zero-order chi connectivity index (χ0) is 27.9. The number of morpholine rings is 1. The molecule has 2 N–H and O–H groups in total. The summed E-state index contributed by atoms with van der Waals surface area (Å²) >= 11 is 0. The summed E-state index contributed by atoms with van der Waals surface area (Å²) in [6.45, 7) is 4.36. The second-order valence-corrected chi connectivity index (χ2v) is 9.32. The molecule has 1 saturated heterocycles. The highest BCUT2D eigenvalue weighted by atomic mass is 16.5. The quantitative estimate of drug-likeness (QED) is 0.442. The smallest absolute Gasteiger partial charge is 0.323 e. The van der Waals surface area contributed by atoms with Gasteiger partial charge in [-0.25, -0.2) is 4.79 Å². The zero-order valence-electron chi connectivity index (χ0n) is 22.1. The van der Waals surface area contributed by atoms with Crippen LogP contribution >= 0.6 is 0 Å². The number of ether oxygens (including phenoxy) is 3. The van der Waals surface area contributed by atoms with Crippen LogP contribution in [-0.2, 0) is 9.53 Å². The van der Waals surface area contributed by atoms with Crippen LogP contribution in [0.5, 0.6) is 11.5 Å². The molecule has 10 heteroatoms. The van der Waals surface area contributed by atoms with E-state index in [1.807, 2.05) is 6.07 Å². The van der Waals surface area contributed by atoms with Gasteiger partial charge in [0.15, 0.2) is 5.78 Å². The number of benzene rings is 2. The average molecular weight is 540 g/mol. The van der Waals surface area contributed by atoms with Crippen molar-refractivity contribution in [1.29, 1.82) is 5.26 Å². The predicted octanol–water partition coefficient (Wildman–Crippen LogP) is 3.89. The molecule has 2 amide bonds. The molecule has 3 aromatic rings. The molecular weight excluding hydrogens is 510 g/mol. The second-order valence-electron chi connectivity index (χ2n) is 9.32. The molecule has 0 spiro atoms. The van der Waals surface area contributed by atoms with E-state index in [1.165, 1.54) is 0 Å². The number of carbonyl (C=O) groups is 2. The van der Waals surface area contributed by atoms with E-state index in [0.717, 1.165) is 36.2 Å². The Hall–Kier alpha value is -4.72. The standard InChI is InChI=1S/C30H29N5O5/c1-38-23-5-3-22(4-6-23)33-30(37)34-26-7-2-20(17-28(26)36)24-8-9-32-27-18-29(21(19-31)16-25(24)27)40-15-12-35-10-13-39-14-11-35/h2-9,16,18H,10-15,17H2,1H3,(H2,33,34,37). The number of allylic oxidation sites excluding steroid dienone is 4. The van der Waals surface area contributed by atoms with Gasteiger partial charge in [-0.2, -0.15) is 5.26 Å². The Bertz CT molecular complexity index is 1520. The molecule has 0 unspecified atom stereocenters. The average Bonchev–Trinajstić information content (AvgIpc) is 2.98. The van der Waals surface area contributed by atoms with Crippen molar-refractivity contribution < 1.29 is 23.8 Å². The molecule has 1 fully saturated rings. The summed E-state index contributed by atoms with van der Waals surface area (Å²) in [6.07, 6.45) is 5.16. The number of Topliss-reactive ketones (excluding diaryl/α,β-unsaturated/α-hetero) is 1. The highest BCUT2D eigenvalue weighted by Crippen LogP contribution is 2.33. The minimum absolute atomic E-state index is 0.0907. The highest BCUT2D eigenvalue weighted by molar-refractivity contribution is 6.09. The summed E-state index contributed by atoms with van der Waals surface area (Å²) in [6, 6.07) is 13.9. The molecule has 1 aliphatic heterocycles. The maximum atomic E-state index is 12.9. The van der Waals surface area contributed by atoms with Gasteiger partial charge < -0.3 is 24.8 Å². The summed E-state index contributed by atoms with van der Waals surface area (Å²) < 4.78 is 16.5. The van der Waals surface area contributed by atoms with Crippen LogP contribution in [0.15, 0.2) is 66.5 Å². The first-order valence-electron chi connectivity index (χ1n) is 13.0. The summed E-state index contributed by atoms with van der Waals surface area (Å²) in [5.74, 6) is 0.929. The van der Waals surface area contributed by atoms with E-state index in [4.69, 9.17) is 14.2 Å². The maximum Gasteiger partial charge on any atom is 0.323 e. The molecule has 1 aromatic heterocycles. The first kappa shape index (κ1) is 26.9. The summed E-state index contributed by atoms with van der Waals surface area (Å²) in [5.41, 5.74) is 3.40. The van der Waals surface area contributed by atoms with Crippen LogP contribution in [0.4, 0.5) is 10.5 Å². The van der Waals surface area contributed by atoms with E-state index >= 15 is 0 Å². The molecule has 0 bridgehead atoms. The molecule has 0 radical (unpaired) electrons. The molecule has 1 aliphatic carbocycles. The number of ketones is 1. The fourth-order valence-electron chi connectivity index (χ4n) is 4.63. The Balaban J connectivity index is 1.30. The van der Waals surface area contributed by atoms with E-state index in [0.29, 0.717) is 48.1 Å². The molecular formula is C30H29N5O5. The number of amides is 2. The van der Waals surface area contributed by atoms with Crippen molar-refractivity contribution in [3.63, 3.8) is 0 Å². The Labute approximate surface area is 231 Å². The Morgan fingerprint density at radius 1 is 1.12 bits per heavy atom. The molecule has 0 atom stereocenters. The topological polar surface area (TPSA) is 126 Å². The van der Waals surface area contributed by atoms with Crippen LogP contribution in [-0.4, -0.2) is 68.3 Å². The minimum Gasteiger partial charge on any atom is -0.497 e. The Morgan fingerprint density at radius 3 is 2.65 bits per heavy atom. The van der Waals surface area contributed by atoms with Gasteiger partial charge in [0, 0.05) is 49.4 Å². The molecule has 2 aromatic carbocycles. The van der Waals surface area contributed by atoms with Crippen LogP contribution in [0, 0.1) is 11.3 Å². The van der Waals surface area contributed by atoms with Gasteiger partial charge >= 0.3 is 6.03 Å². The number of nitriles is 1. The van der Waals surface area contributed by atoms with Gasteiger partial charge in [-0.3, -0.25) is 14.7 Å². The molecule has 204 valence electrons. The third kappa shape index (κ3) is 6.29. The Kier molecular flexibility index (Phi) is 8.35. The van der Waals surface area contributed by atoms with Crippen LogP contribution in [0.2, 0.25) is 0 Å². The second kappa shape index (κ2) is 12.4. The van der Waals surface area contributed by atoms with E-state index in [1.54, 1.807) is 61.9 Å². The third-order valence-electron chi connectivity index (χ3n) is 6.78. The first-order valence-corrected chi connectivity index (χ1v) is 13.0. The maximum absolute atomic E-state index is 12.9. The van der Waals surface area contributed by atoms with Crippen molar-refractivity contribution in [2.24, 2.45) is 0 Å². The van der Waals surface area contributed by atoms with E-state index in [9.17, 15) is 14.9 Å². The molecule has 2 aliphatic rings. The molecule has 2 heterocycles. The van der Waals surface area contributed by atoms with E-state index in [-0.39, 0.29) is 17.9 Å². The highest BCUT2D eigenvalue weighted by Gasteiger charge is 2.21. The molecule has 0 saturated carbocycles. The van der Waals surface area contributed by atoms with Crippen molar-refractivity contribution in [1.82, 2.24) is 15.2 Å². The van der Waals surface area contributed by atoms with Crippen molar-refractivity contribution in [2.75, 3.05) is 51.9 Å². The summed E-state index contributed by atoms with van der Waals surface area (Å²) in [5, 5.41) is 15.9. The van der Waals surface area contributed by atoms with Crippen molar-refractivity contribution in [2.45, 2.75) is 6.42 Å². The molecule has 5 rings (SSSR count). The van der Waals surface area contributed by atoms with Gasteiger partial charge in [-0.15, -0.1) is 0 Å². The Morgan fingerprint density at radius 2 is 1.93 bits per heavy atom. The van der Waals surface area contributed by atoms with Gasteiger partial charge in [-0.1, -0.05) is 6.08 Å². The number of hydrogen-bond donors (Lipinski definition) is 2. The van der Waals surface area contributed by atoms with Gasteiger partial charge in [-0.05, 0) is 53.6 Å². The number of anilines is 1. The number of fused-ring (bicyclic) bond motifs is 1. The lowest BCUT2D eigenvalue weighted by Crippen LogP contribution is -2.38. The van der Waals surface area contributed by atoms with E-state index < -0.39 is 6.03 Å². The third-order valence-corrected chi connectivity index (χ3v) is 6.78. The number of nitrogens with zero attached hydrogens (tertiary/aromatic N) is 3.